The van der Waals surface area contributed by atoms with E-state index in [2.05, 4.69) is 10.3 Å². The zero-order valence-corrected chi connectivity index (χ0v) is 10.4. The second kappa shape index (κ2) is 4.67. The van der Waals surface area contributed by atoms with E-state index in [1.54, 1.807) is 9.47 Å². The van der Waals surface area contributed by atoms with Crippen molar-refractivity contribution in [2.45, 2.75) is 33.0 Å². The fourth-order valence-corrected chi connectivity index (χ4v) is 1.94. The summed E-state index contributed by atoms with van der Waals surface area (Å²) in [7, 11) is 0. The van der Waals surface area contributed by atoms with E-state index in [1.165, 1.54) is 6.33 Å². The molecule has 2 amide bonds. The number of carbonyl (C=O) groups excluding carboxylic acids is 1. The molecule has 0 aliphatic carbocycles. The number of nitrogens with one attached hydrogen (secondary N) is 1. The van der Waals surface area contributed by atoms with Gasteiger partial charge in [0.25, 0.3) is 0 Å². The highest BCUT2D eigenvalue weighted by Crippen LogP contribution is 2.16. The molecule has 7 nitrogen and oxygen atoms in total. The Labute approximate surface area is 104 Å². The summed E-state index contributed by atoms with van der Waals surface area (Å²) >= 11 is 0. The van der Waals surface area contributed by atoms with Crippen molar-refractivity contribution >= 4 is 12.0 Å². The second-order valence-electron chi connectivity index (χ2n) is 4.56. The zero-order chi connectivity index (χ0) is 13.3. The highest BCUT2D eigenvalue weighted by Gasteiger charge is 2.26. The topological polar surface area (TPSA) is 87.5 Å². The lowest BCUT2D eigenvalue weighted by Crippen LogP contribution is -2.46. The summed E-state index contributed by atoms with van der Waals surface area (Å²) in [5.74, 6) is -1.06. The molecule has 0 unspecified atom stereocenters. The lowest BCUT2D eigenvalue weighted by atomic mass is 10.2. The van der Waals surface area contributed by atoms with Crippen LogP contribution in [0.4, 0.5) is 4.79 Å². The molecule has 2 N–H and O–H groups in total. The average Bonchev–Trinajstić information content (AvgIpc) is 2.70. The van der Waals surface area contributed by atoms with Crippen molar-refractivity contribution in [1.82, 2.24) is 19.8 Å². The lowest BCUT2D eigenvalue weighted by molar-refractivity contribution is 0.0687. The molecule has 0 saturated heterocycles. The van der Waals surface area contributed by atoms with Gasteiger partial charge in [-0.15, -0.1) is 0 Å². The third kappa shape index (κ3) is 2.29. The molecule has 18 heavy (non-hydrogen) atoms. The van der Waals surface area contributed by atoms with Gasteiger partial charge >= 0.3 is 12.0 Å². The van der Waals surface area contributed by atoms with Gasteiger partial charge in [0.2, 0.25) is 0 Å². The number of nitrogens with zero attached hydrogens (tertiary/aromatic N) is 3. The Morgan fingerprint density at radius 3 is 2.78 bits per heavy atom. The molecule has 1 aromatic heterocycles. The third-order valence-electron chi connectivity index (χ3n) is 2.80. The van der Waals surface area contributed by atoms with Gasteiger partial charge in [0, 0.05) is 19.1 Å². The molecule has 0 aromatic carbocycles. The van der Waals surface area contributed by atoms with Crippen LogP contribution in [0, 0.1) is 0 Å². The van der Waals surface area contributed by atoms with Crippen LogP contribution in [0.15, 0.2) is 6.33 Å². The van der Waals surface area contributed by atoms with Crippen LogP contribution in [0.25, 0.3) is 0 Å². The highest BCUT2D eigenvalue weighted by molar-refractivity contribution is 5.87. The van der Waals surface area contributed by atoms with Crippen LogP contribution in [0.1, 0.15) is 30.0 Å². The van der Waals surface area contributed by atoms with Crippen molar-refractivity contribution < 1.29 is 14.7 Å². The summed E-state index contributed by atoms with van der Waals surface area (Å²) in [6.07, 6.45) is 1.51. The number of hydrogen-bond donors (Lipinski definition) is 2. The summed E-state index contributed by atoms with van der Waals surface area (Å²) in [5, 5.41) is 11.8. The SMILES string of the molecule is CC(C)NC(=O)N1CCn2cnc(C(=O)O)c2C1. The standard InChI is InChI=1S/C11H16N4O3/c1-7(2)13-11(18)14-3-4-15-6-12-9(10(16)17)8(15)5-14/h6-7H,3-5H2,1-2H3,(H,13,18)(H,16,17). The molecule has 0 bridgehead atoms. The first-order valence-electron chi connectivity index (χ1n) is 5.81. The predicted molar refractivity (Wildman–Crippen MR) is 63.3 cm³/mol. The maximum Gasteiger partial charge on any atom is 0.356 e. The number of rotatable bonds is 2. The molecule has 0 saturated carbocycles. The average molecular weight is 252 g/mol. The van der Waals surface area contributed by atoms with Crippen molar-refractivity contribution in [2.24, 2.45) is 0 Å². The number of aromatic nitrogens is 2. The Morgan fingerprint density at radius 1 is 1.44 bits per heavy atom. The molecule has 1 aliphatic rings. The Hall–Kier alpha value is -2.05. The van der Waals surface area contributed by atoms with Crippen molar-refractivity contribution in [3.63, 3.8) is 0 Å². The summed E-state index contributed by atoms with van der Waals surface area (Å²) in [6.45, 7) is 5.17. The van der Waals surface area contributed by atoms with Gasteiger partial charge in [-0.3, -0.25) is 0 Å². The normalized spacial score (nSPS) is 14.5. The van der Waals surface area contributed by atoms with Gasteiger partial charge in [0.1, 0.15) is 0 Å². The number of hydrogen-bond acceptors (Lipinski definition) is 3. The van der Waals surface area contributed by atoms with Crippen LogP contribution in [0.3, 0.4) is 0 Å². The van der Waals surface area contributed by atoms with Crippen LogP contribution < -0.4 is 5.32 Å². The van der Waals surface area contributed by atoms with Crippen molar-refractivity contribution in [3.05, 3.63) is 17.7 Å². The quantitative estimate of drug-likeness (QED) is 0.803. The smallest absolute Gasteiger partial charge is 0.356 e. The third-order valence-corrected chi connectivity index (χ3v) is 2.80. The van der Waals surface area contributed by atoms with E-state index in [9.17, 15) is 9.59 Å². The van der Waals surface area contributed by atoms with Gasteiger partial charge in [-0.05, 0) is 13.8 Å². The van der Waals surface area contributed by atoms with Crippen LogP contribution in [0.2, 0.25) is 0 Å². The first kappa shape index (κ1) is 12.4. The fraction of sp³-hybridized carbons (Fsp3) is 0.545. The summed E-state index contributed by atoms with van der Waals surface area (Å²) in [5.41, 5.74) is 0.602. The molecule has 0 radical (unpaired) electrons. The van der Waals surface area contributed by atoms with E-state index in [1.807, 2.05) is 13.8 Å². The van der Waals surface area contributed by atoms with E-state index in [4.69, 9.17) is 5.11 Å². The van der Waals surface area contributed by atoms with Gasteiger partial charge in [-0.25, -0.2) is 14.6 Å². The van der Waals surface area contributed by atoms with Crippen molar-refractivity contribution in [2.75, 3.05) is 6.54 Å². The Balaban J connectivity index is 2.16. The van der Waals surface area contributed by atoms with Gasteiger partial charge in [-0.2, -0.15) is 0 Å². The number of amides is 2. The maximum absolute atomic E-state index is 11.9. The number of carboxylic acid groups (broad SMARTS) is 1. The first-order valence-corrected chi connectivity index (χ1v) is 5.81. The molecule has 1 aliphatic heterocycles. The second-order valence-corrected chi connectivity index (χ2v) is 4.56. The summed E-state index contributed by atoms with van der Waals surface area (Å²) < 4.78 is 1.78. The number of carboxylic acids is 1. The molecular formula is C11H16N4O3. The van der Waals surface area contributed by atoms with E-state index in [0.29, 0.717) is 18.8 Å². The summed E-state index contributed by atoms with van der Waals surface area (Å²) in [6, 6.07) is -0.114. The minimum absolute atomic E-state index is 0.0250. The van der Waals surface area contributed by atoms with E-state index in [0.717, 1.165) is 0 Å². The molecule has 0 spiro atoms. The van der Waals surface area contributed by atoms with Crippen LogP contribution in [-0.4, -0.2) is 44.1 Å². The number of fused-ring (bicyclic) bond motifs is 1. The van der Waals surface area contributed by atoms with Crippen molar-refractivity contribution in [1.29, 1.82) is 0 Å². The molecule has 7 heteroatoms. The maximum atomic E-state index is 11.9. The van der Waals surface area contributed by atoms with E-state index < -0.39 is 5.97 Å². The number of aromatic carboxylic acids is 1. The number of imidazole rings is 1. The monoisotopic (exact) mass is 252 g/mol. The van der Waals surface area contributed by atoms with Gasteiger partial charge in [0.05, 0.1) is 18.6 Å². The largest absolute Gasteiger partial charge is 0.476 e. The van der Waals surface area contributed by atoms with Crippen LogP contribution in [0.5, 0.6) is 0 Å². The Bertz CT molecular complexity index is 481. The Morgan fingerprint density at radius 2 is 2.17 bits per heavy atom. The minimum atomic E-state index is -1.06. The zero-order valence-electron chi connectivity index (χ0n) is 10.4. The van der Waals surface area contributed by atoms with Gasteiger partial charge in [-0.1, -0.05) is 0 Å². The Kier molecular flexibility index (Phi) is 3.22. The highest BCUT2D eigenvalue weighted by atomic mass is 16.4. The van der Waals surface area contributed by atoms with Gasteiger partial charge < -0.3 is 19.9 Å². The predicted octanol–water partition coefficient (Wildman–Crippen LogP) is 0.515. The van der Waals surface area contributed by atoms with E-state index >= 15 is 0 Å². The number of urea groups is 1. The first-order chi connectivity index (χ1) is 8.49. The molecule has 98 valence electrons. The lowest BCUT2D eigenvalue weighted by Gasteiger charge is -2.29. The van der Waals surface area contributed by atoms with Crippen molar-refractivity contribution in [3.8, 4) is 0 Å². The molecule has 0 fully saturated rings. The molecule has 1 aromatic rings. The summed E-state index contributed by atoms with van der Waals surface area (Å²) in [4.78, 5) is 28.3. The van der Waals surface area contributed by atoms with Crippen LogP contribution >= 0.6 is 0 Å². The molecule has 0 atom stereocenters. The van der Waals surface area contributed by atoms with Crippen LogP contribution in [-0.2, 0) is 13.1 Å². The van der Waals surface area contributed by atoms with Gasteiger partial charge in [0.15, 0.2) is 5.69 Å². The fourth-order valence-electron chi connectivity index (χ4n) is 1.94. The molecular weight excluding hydrogens is 236 g/mol. The molecule has 2 heterocycles. The minimum Gasteiger partial charge on any atom is -0.476 e. The van der Waals surface area contributed by atoms with E-state index in [-0.39, 0.29) is 24.3 Å². The number of carbonyl (C=O) groups is 2. The molecule has 2 rings (SSSR count).